The lowest BCUT2D eigenvalue weighted by Gasteiger charge is -2.27. The highest BCUT2D eigenvalue weighted by molar-refractivity contribution is 4.81. The fourth-order valence-electron chi connectivity index (χ4n) is 3.02. The van der Waals surface area contributed by atoms with Crippen LogP contribution in [0.25, 0.3) is 0 Å². The Labute approximate surface area is 115 Å². The van der Waals surface area contributed by atoms with Gasteiger partial charge in [0.15, 0.2) is 0 Å². The Balaban J connectivity index is 1.97. The van der Waals surface area contributed by atoms with Crippen molar-refractivity contribution in [1.29, 1.82) is 0 Å². The van der Waals surface area contributed by atoms with Crippen LogP contribution in [0, 0.1) is 11.8 Å². The van der Waals surface area contributed by atoms with Crippen LogP contribution in [0.1, 0.15) is 59.8 Å². The Morgan fingerprint density at radius 3 is 2.56 bits per heavy atom. The fraction of sp³-hybridized carbons (Fsp3) is 1.00. The van der Waals surface area contributed by atoms with Gasteiger partial charge in [-0.15, -0.1) is 0 Å². The van der Waals surface area contributed by atoms with Gasteiger partial charge in [-0.3, -0.25) is 0 Å². The lowest BCUT2D eigenvalue weighted by Crippen LogP contribution is -2.34. The zero-order chi connectivity index (χ0) is 13.4. The average Bonchev–Trinajstić information content (AvgIpc) is 2.75. The SMILES string of the molecule is CC(C)CNCCCCCN1CCCC1C(C)C. The van der Waals surface area contributed by atoms with Crippen molar-refractivity contribution in [1.82, 2.24) is 10.2 Å². The summed E-state index contributed by atoms with van der Waals surface area (Å²) < 4.78 is 0. The van der Waals surface area contributed by atoms with Crippen LogP contribution >= 0.6 is 0 Å². The van der Waals surface area contributed by atoms with Gasteiger partial charge < -0.3 is 10.2 Å². The van der Waals surface area contributed by atoms with E-state index in [2.05, 4.69) is 37.9 Å². The van der Waals surface area contributed by atoms with Gasteiger partial charge in [0.25, 0.3) is 0 Å². The molecule has 0 saturated carbocycles. The highest BCUT2D eigenvalue weighted by atomic mass is 15.2. The van der Waals surface area contributed by atoms with Gasteiger partial charge in [0.1, 0.15) is 0 Å². The second-order valence-corrected chi connectivity index (χ2v) is 6.65. The first-order chi connectivity index (χ1) is 8.61. The molecule has 0 amide bonds. The minimum atomic E-state index is 0.779. The summed E-state index contributed by atoms with van der Waals surface area (Å²) in [6.07, 6.45) is 6.94. The van der Waals surface area contributed by atoms with E-state index >= 15 is 0 Å². The molecule has 1 rings (SSSR count). The first-order valence-corrected chi connectivity index (χ1v) is 8.06. The van der Waals surface area contributed by atoms with Crippen molar-refractivity contribution < 1.29 is 0 Å². The van der Waals surface area contributed by atoms with Gasteiger partial charge >= 0.3 is 0 Å². The van der Waals surface area contributed by atoms with Crippen molar-refractivity contribution >= 4 is 0 Å². The molecule has 0 aromatic rings. The number of nitrogens with one attached hydrogen (secondary N) is 1. The lowest BCUT2D eigenvalue weighted by atomic mass is 10.0. The molecule has 1 aliphatic rings. The standard InChI is InChI=1S/C16H34N2/c1-14(2)13-17-10-6-5-7-11-18-12-8-9-16(18)15(3)4/h14-17H,5-13H2,1-4H3. The van der Waals surface area contributed by atoms with Crippen molar-refractivity contribution in [2.75, 3.05) is 26.2 Å². The maximum Gasteiger partial charge on any atom is 0.0119 e. The largest absolute Gasteiger partial charge is 0.316 e. The molecule has 0 bridgehead atoms. The maximum atomic E-state index is 3.53. The van der Waals surface area contributed by atoms with E-state index in [0.717, 1.165) is 17.9 Å². The van der Waals surface area contributed by atoms with Crippen molar-refractivity contribution in [3.05, 3.63) is 0 Å². The van der Waals surface area contributed by atoms with E-state index in [0.29, 0.717) is 0 Å². The van der Waals surface area contributed by atoms with Crippen molar-refractivity contribution in [3.8, 4) is 0 Å². The first-order valence-electron chi connectivity index (χ1n) is 8.06. The molecular formula is C16H34N2. The minimum Gasteiger partial charge on any atom is -0.316 e. The van der Waals surface area contributed by atoms with Gasteiger partial charge in [-0.2, -0.15) is 0 Å². The Morgan fingerprint density at radius 1 is 1.11 bits per heavy atom. The van der Waals surface area contributed by atoms with Crippen molar-refractivity contribution in [2.45, 2.75) is 65.8 Å². The van der Waals surface area contributed by atoms with Gasteiger partial charge in [0.05, 0.1) is 0 Å². The number of hydrogen-bond donors (Lipinski definition) is 1. The smallest absolute Gasteiger partial charge is 0.0119 e. The Kier molecular flexibility index (Phi) is 7.92. The Hall–Kier alpha value is -0.0800. The summed E-state index contributed by atoms with van der Waals surface area (Å²) in [4.78, 5) is 2.73. The fourth-order valence-corrected chi connectivity index (χ4v) is 3.02. The van der Waals surface area contributed by atoms with Crippen LogP contribution in [0.3, 0.4) is 0 Å². The second-order valence-electron chi connectivity index (χ2n) is 6.65. The Morgan fingerprint density at radius 2 is 1.89 bits per heavy atom. The number of likely N-dealkylation sites (tertiary alicyclic amines) is 1. The number of nitrogens with zero attached hydrogens (tertiary/aromatic N) is 1. The molecule has 1 aliphatic heterocycles. The molecule has 1 heterocycles. The van der Waals surface area contributed by atoms with E-state index in [1.807, 2.05) is 0 Å². The normalized spacial score (nSPS) is 21.3. The molecule has 2 nitrogen and oxygen atoms in total. The molecule has 1 fully saturated rings. The summed E-state index contributed by atoms with van der Waals surface area (Å²) in [6.45, 7) is 14.3. The van der Waals surface area contributed by atoms with Gasteiger partial charge in [0, 0.05) is 6.04 Å². The van der Waals surface area contributed by atoms with Crippen molar-refractivity contribution in [3.63, 3.8) is 0 Å². The quantitative estimate of drug-likeness (QED) is 0.633. The molecule has 1 unspecified atom stereocenters. The average molecular weight is 254 g/mol. The predicted molar refractivity (Wildman–Crippen MR) is 81.0 cm³/mol. The molecule has 18 heavy (non-hydrogen) atoms. The first kappa shape index (κ1) is 16.0. The number of unbranched alkanes of at least 4 members (excludes halogenated alkanes) is 2. The van der Waals surface area contributed by atoms with E-state index in [4.69, 9.17) is 0 Å². The summed E-state index contributed by atoms with van der Waals surface area (Å²) in [5.74, 6) is 1.61. The van der Waals surface area contributed by atoms with E-state index < -0.39 is 0 Å². The van der Waals surface area contributed by atoms with Gasteiger partial charge in [-0.1, -0.05) is 34.1 Å². The van der Waals surface area contributed by atoms with Crippen LogP contribution in [0.5, 0.6) is 0 Å². The highest BCUT2D eigenvalue weighted by Crippen LogP contribution is 2.23. The molecular weight excluding hydrogens is 220 g/mol. The summed E-state index contributed by atoms with van der Waals surface area (Å²) in [6, 6.07) is 0.865. The van der Waals surface area contributed by atoms with E-state index in [1.165, 1.54) is 58.3 Å². The molecule has 2 heteroatoms. The van der Waals surface area contributed by atoms with Gasteiger partial charge in [0.2, 0.25) is 0 Å². The van der Waals surface area contributed by atoms with Gasteiger partial charge in [-0.25, -0.2) is 0 Å². The maximum absolute atomic E-state index is 3.53. The van der Waals surface area contributed by atoms with E-state index in [1.54, 1.807) is 0 Å². The molecule has 1 saturated heterocycles. The summed E-state index contributed by atoms with van der Waals surface area (Å²) >= 11 is 0. The minimum absolute atomic E-state index is 0.779. The van der Waals surface area contributed by atoms with Gasteiger partial charge in [-0.05, 0) is 63.7 Å². The van der Waals surface area contributed by atoms with E-state index in [-0.39, 0.29) is 0 Å². The predicted octanol–water partition coefficient (Wildman–Crippen LogP) is 3.52. The zero-order valence-electron chi connectivity index (χ0n) is 13.0. The van der Waals surface area contributed by atoms with Crippen LogP contribution < -0.4 is 5.32 Å². The lowest BCUT2D eigenvalue weighted by molar-refractivity contribution is 0.203. The molecule has 108 valence electrons. The van der Waals surface area contributed by atoms with Crippen LogP contribution in [0.15, 0.2) is 0 Å². The molecule has 0 aliphatic carbocycles. The molecule has 0 radical (unpaired) electrons. The molecule has 1 N–H and O–H groups in total. The number of rotatable bonds is 9. The second kappa shape index (κ2) is 8.92. The molecule has 0 aromatic carbocycles. The van der Waals surface area contributed by atoms with Crippen LogP contribution in [0.2, 0.25) is 0 Å². The van der Waals surface area contributed by atoms with Crippen LogP contribution in [-0.2, 0) is 0 Å². The molecule has 0 spiro atoms. The summed E-state index contributed by atoms with van der Waals surface area (Å²) in [5, 5.41) is 3.53. The summed E-state index contributed by atoms with van der Waals surface area (Å²) in [7, 11) is 0. The van der Waals surface area contributed by atoms with E-state index in [9.17, 15) is 0 Å². The third-order valence-corrected chi connectivity index (χ3v) is 4.04. The zero-order valence-corrected chi connectivity index (χ0v) is 13.0. The monoisotopic (exact) mass is 254 g/mol. The van der Waals surface area contributed by atoms with Crippen LogP contribution in [0.4, 0.5) is 0 Å². The molecule has 1 atom stereocenters. The highest BCUT2D eigenvalue weighted by Gasteiger charge is 2.25. The third kappa shape index (κ3) is 6.19. The van der Waals surface area contributed by atoms with Crippen LogP contribution in [-0.4, -0.2) is 37.1 Å². The van der Waals surface area contributed by atoms with Crippen molar-refractivity contribution in [2.24, 2.45) is 11.8 Å². The molecule has 0 aromatic heterocycles. The third-order valence-electron chi connectivity index (χ3n) is 4.04. The Bertz CT molecular complexity index is 201. The topological polar surface area (TPSA) is 15.3 Å². The summed E-state index contributed by atoms with van der Waals surface area (Å²) in [5.41, 5.74) is 0. The number of hydrogen-bond acceptors (Lipinski definition) is 2.